The highest BCUT2D eigenvalue weighted by Crippen LogP contribution is 2.53. The quantitative estimate of drug-likeness (QED) is 0.0267. The molecule has 0 fully saturated rings. The van der Waals surface area contributed by atoms with Crippen LogP contribution in [0.15, 0.2) is 152 Å². The van der Waals surface area contributed by atoms with Crippen molar-refractivity contribution in [3.8, 4) is 11.1 Å². The fourth-order valence-corrected chi connectivity index (χ4v) is 11.2. The third-order valence-electron chi connectivity index (χ3n) is 10.9. The van der Waals surface area contributed by atoms with Crippen molar-refractivity contribution in [3.63, 3.8) is 0 Å². The number of amides is 2. The molecule has 0 heterocycles. The number of unbranched alkanes of at least 4 members (excludes halogenated alkanes) is 4. The summed E-state index contributed by atoms with van der Waals surface area (Å²) < 4.78 is 53.0. The van der Waals surface area contributed by atoms with Crippen LogP contribution in [-0.2, 0) is 51.9 Å². The predicted molar refractivity (Wildman–Crippen MR) is 249 cm³/mol. The second-order valence-corrected chi connectivity index (χ2v) is 19.8. The molecule has 3 unspecified atom stereocenters. The molecule has 0 saturated carbocycles. The molecular weight excluding hydrogens is 833 g/mol. The lowest BCUT2D eigenvalue weighted by atomic mass is 9.98. The Morgan fingerprint density at radius 3 is 1.79 bits per heavy atom. The number of nitrogens with one attached hydrogen (secondary N) is 3. The summed E-state index contributed by atoms with van der Waals surface area (Å²) >= 11 is 0. The monoisotopic (exact) mass is 891 g/mol. The minimum absolute atomic E-state index is 0.0172. The second kappa shape index (κ2) is 24.7. The zero-order chi connectivity index (χ0) is 44.2. The van der Waals surface area contributed by atoms with Crippen molar-refractivity contribution >= 4 is 27.1 Å². The van der Waals surface area contributed by atoms with E-state index in [4.69, 9.17) is 18.3 Å². The first kappa shape index (κ1) is 47.4. The van der Waals surface area contributed by atoms with Gasteiger partial charge in [-0.1, -0.05) is 171 Å². The lowest BCUT2D eigenvalue weighted by Gasteiger charge is -2.26. The molecule has 11 nitrogen and oxygen atoms in total. The van der Waals surface area contributed by atoms with Gasteiger partial charge in [0.1, 0.15) is 19.2 Å². The van der Waals surface area contributed by atoms with E-state index < -0.39 is 39.9 Å². The van der Waals surface area contributed by atoms with Gasteiger partial charge in [-0.15, -0.1) is 6.58 Å². The van der Waals surface area contributed by atoms with Gasteiger partial charge in [0.2, 0.25) is 5.91 Å². The van der Waals surface area contributed by atoms with Gasteiger partial charge < -0.3 is 28.9 Å². The predicted octanol–water partition coefficient (Wildman–Crippen LogP) is 11.5. The van der Waals surface area contributed by atoms with E-state index in [2.05, 4.69) is 46.6 Å². The van der Waals surface area contributed by atoms with Crippen LogP contribution < -0.4 is 15.7 Å². The van der Waals surface area contributed by atoms with Gasteiger partial charge in [-0.25, -0.2) is 9.88 Å². The average molecular weight is 892 g/mol. The number of fused-ring (bicyclic) bond motifs is 3. The van der Waals surface area contributed by atoms with E-state index in [0.717, 1.165) is 71.9 Å². The minimum Gasteiger partial charge on any atom is -0.449 e. The molecular formula is C50H59N3O8P2. The van der Waals surface area contributed by atoms with Crippen molar-refractivity contribution in [1.82, 2.24) is 15.7 Å². The molecule has 0 aliphatic heterocycles. The molecule has 0 radical (unpaired) electrons. The van der Waals surface area contributed by atoms with E-state index >= 15 is 0 Å². The van der Waals surface area contributed by atoms with Gasteiger partial charge in [0.15, 0.2) is 0 Å². The number of alkyl carbamates (subject to hydrolysis) is 1. The molecule has 6 rings (SSSR count). The fourth-order valence-electron chi connectivity index (χ4n) is 7.43. The summed E-state index contributed by atoms with van der Waals surface area (Å²) in [6.07, 6.45) is 5.44. The number of hydrogen-bond acceptors (Lipinski definition) is 8. The highest BCUT2D eigenvalue weighted by Gasteiger charge is 2.34. The number of carbonyl (C=O) groups excluding carboxylic acids is 2. The van der Waals surface area contributed by atoms with E-state index in [0.29, 0.717) is 19.4 Å². The molecule has 5 aromatic rings. The van der Waals surface area contributed by atoms with Crippen molar-refractivity contribution in [3.05, 3.63) is 180 Å². The van der Waals surface area contributed by atoms with Crippen LogP contribution in [0, 0.1) is 0 Å². The Balaban J connectivity index is 1.02. The molecule has 3 atom stereocenters. The van der Waals surface area contributed by atoms with Gasteiger partial charge >= 0.3 is 13.7 Å². The van der Waals surface area contributed by atoms with E-state index in [1.807, 2.05) is 115 Å². The van der Waals surface area contributed by atoms with E-state index in [9.17, 15) is 18.7 Å². The first-order valence-corrected chi connectivity index (χ1v) is 25.3. The Morgan fingerprint density at radius 2 is 1.17 bits per heavy atom. The number of rotatable bonds is 27. The van der Waals surface area contributed by atoms with Crippen LogP contribution in [0.25, 0.3) is 11.1 Å². The van der Waals surface area contributed by atoms with Gasteiger partial charge in [0.05, 0.1) is 19.3 Å². The van der Waals surface area contributed by atoms with Crippen molar-refractivity contribution < 1.29 is 37.0 Å². The molecule has 0 bridgehead atoms. The molecule has 0 spiro atoms. The molecule has 0 aromatic heterocycles. The van der Waals surface area contributed by atoms with Crippen molar-refractivity contribution in [1.29, 1.82) is 0 Å². The van der Waals surface area contributed by atoms with Crippen molar-refractivity contribution in [2.75, 3.05) is 25.7 Å². The van der Waals surface area contributed by atoms with E-state index in [-0.39, 0.29) is 31.6 Å². The highest BCUT2D eigenvalue weighted by atomic mass is 31.2. The van der Waals surface area contributed by atoms with Crippen molar-refractivity contribution in [2.45, 2.75) is 76.6 Å². The van der Waals surface area contributed by atoms with Gasteiger partial charge in [0.25, 0.3) is 7.52 Å². The molecule has 13 heteroatoms. The molecule has 5 aromatic carbocycles. The van der Waals surface area contributed by atoms with E-state index in [1.165, 1.54) is 5.56 Å². The maximum Gasteiger partial charge on any atom is 0.407 e. The first-order chi connectivity index (χ1) is 30.7. The van der Waals surface area contributed by atoms with Gasteiger partial charge in [-0.2, -0.15) is 0 Å². The Bertz CT molecular complexity index is 2250. The average Bonchev–Trinajstić information content (AvgIpc) is 3.64. The third kappa shape index (κ3) is 15.3. The summed E-state index contributed by atoms with van der Waals surface area (Å²) in [6.45, 7) is 4.58. The SMILES string of the molecule is C=CC(CCCCCCCC(=O)NCCc1ccccc1)OP(=O)(CNP(=O)(CNC(=O)OCC1c2ccccc2-c2ccccc21)OCc1ccccc1)OCc1ccccc1. The number of hydrogen-bond donors (Lipinski definition) is 3. The molecule has 1 aliphatic carbocycles. The van der Waals surface area contributed by atoms with Gasteiger partial charge in [-0.05, 0) is 58.2 Å². The Kier molecular flexibility index (Phi) is 18.5. The van der Waals surface area contributed by atoms with Crippen LogP contribution >= 0.6 is 15.1 Å². The molecule has 2 amide bonds. The van der Waals surface area contributed by atoms with Crippen LogP contribution in [0.3, 0.4) is 0 Å². The number of benzene rings is 5. The fraction of sp³-hybridized carbons (Fsp3) is 0.320. The molecule has 63 heavy (non-hydrogen) atoms. The third-order valence-corrected chi connectivity index (χ3v) is 14.5. The molecule has 1 aliphatic rings. The lowest BCUT2D eigenvalue weighted by Crippen LogP contribution is -2.31. The Morgan fingerprint density at radius 1 is 0.635 bits per heavy atom. The van der Waals surface area contributed by atoms with Gasteiger partial charge in [0, 0.05) is 18.9 Å². The Labute approximate surface area is 372 Å². The van der Waals surface area contributed by atoms with Crippen LogP contribution in [0.2, 0.25) is 0 Å². The smallest absolute Gasteiger partial charge is 0.407 e. The second-order valence-electron chi connectivity index (χ2n) is 15.6. The summed E-state index contributed by atoms with van der Waals surface area (Å²) in [5, 5.41) is 8.49. The number of ether oxygens (including phenoxy) is 1. The highest BCUT2D eigenvalue weighted by molar-refractivity contribution is 7.59. The first-order valence-electron chi connectivity index (χ1n) is 21.7. The lowest BCUT2D eigenvalue weighted by molar-refractivity contribution is -0.121. The summed E-state index contributed by atoms with van der Waals surface area (Å²) in [4.78, 5) is 25.5. The maximum absolute atomic E-state index is 14.6. The van der Waals surface area contributed by atoms with Crippen LogP contribution in [0.5, 0.6) is 0 Å². The summed E-state index contributed by atoms with van der Waals surface area (Å²) in [7, 11) is -7.97. The molecule has 332 valence electrons. The van der Waals surface area contributed by atoms with Crippen LogP contribution in [-0.4, -0.2) is 43.8 Å². The minimum atomic E-state index is -4.02. The van der Waals surface area contributed by atoms with Crippen molar-refractivity contribution in [2.24, 2.45) is 0 Å². The summed E-state index contributed by atoms with van der Waals surface area (Å²) in [5.41, 5.74) is 7.09. The van der Waals surface area contributed by atoms with Gasteiger partial charge in [-0.3, -0.25) is 13.9 Å². The van der Waals surface area contributed by atoms with Crippen LogP contribution in [0.4, 0.5) is 4.79 Å². The zero-order valence-electron chi connectivity index (χ0n) is 35.8. The summed E-state index contributed by atoms with van der Waals surface area (Å²) in [5.74, 6) is -0.0901. The van der Waals surface area contributed by atoms with Crippen LogP contribution in [0.1, 0.15) is 78.7 Å². The van der Waals surface area contributed by atoms with E-state index in [1.54, 1.807) is 6.08 Å². The summed E-state index contributed by atoms with van der Waals surface area (Å²) in [6, 6.07) is 44.7. The molecule has 3 N–H and O–H groups in total. The largest absolute Gasteiger partial charge is 0.449 e. The molecule has 0 saturated heterocycles. The number of carbonyl (C=O) groups is 2. The standard InChI is InChI=1S/C50H59N3O8P2/c1-2-43(27-15-4-3-5-16-32-49(54)51-34-33-40-21-9-6-10-22-40)61-63(57,60-36-42-25-13-8-14-26-42)39-53-62(56,59-35-41-23-11-7-12-24-41)38-52-50(55)58-37-48-46-30-19-17-28-44(46)45-29-18-20-31-47(45)48/h2,6-14,17-26,28-31,43,48H,1,3-5,15-16,27,32-39H2,(H,51,54)(H,52,55)(H,53,56). The Hall–Kier alpha value is -5.12. The maximum atomic E-state index is 14.6. The zero-order valence-corrected chi connectivity index (χ0v) is 37.6. The normalized spacial score (nSPS) is 14.3. The topological polar surface area (TPSA) is 141 Å².